The van der Waals surface area contributed by atoms with Crippen LogP contribution < -0.4 is 14.0 Å². The summed E-state index contributed by atoms with van der Waals surface area (Å²) >= 11 is 0. The minimum absolute atomic E-state index is 1.02. The van der Waals surface area contributed by atoms with Gasteiger partial charge in [0.1, 0.15) is 0 Å². The van der Waals surface area contributed by atoms with Crippen molar-refractivity contribution in [1.29, 1.82) is 0 Å². The highest BCUT2D eigenvalue weighted by Gasteiger charge is 2.39. The molecular formula is C42H39F6N3O6S2. The van der Waals surface area contributed by atoms with Crippen LogP contribution in [0.4, 0.5) is 32.0 Å². The van der Waals surface area contributed by atoms with Gasteiger partial charge in [0.2, 0.25) is 17.1 Å². The number of fused-ring (bicyclic) bond motifs is 9. The Morgan fingerprint density at radius 3 is 1.85 bits per heavy atom. The van der Waals surface area contributed by atoms with Crippen LogP contribution in [0.5, 0.6) is 0 Å². The first-order chi connectivity index (χ1) is 27.7. The number of rotatable bonds is 2. The fourth-order valence-electron chi connectivity index (χ4n) is 8.75. The normalized spacial score (nSPS) is 15.8. The fourth-order valence-corrected chi connectivity index (χ4v) is 8.75. The lowest BCUT2D eigenvalue weighted by Gasteiger charge is -2.37. The van der Waals surface area contributed by atoms with Crippen molar-refractivity contribution in [2.24, 2.45) is 0 Å². The Bertz CT molecular complexity index is 2680. The van der Waals surface area contributed by atoms with E-state index in [9.17, 15) is 26.3 Å². The maximum atomic E-state index is 10.7. The molecule has 9 rings (SSSR count). The smallest absolute Gasteiger partial charge is 0.485 e. The van der Waals surface area contributed by atoms with Gasteiger partial charge < -0.3 is 14.0 Å². The van der Waals surface area contributed by atoms with Crippen LogP contribution in [-0.2, 0) is 59.0 Å². The molecule has 0 bridgehead atoms. The van der Waals surface area contributed by atoms with Crippen molar-refractivity contribution in [3.05, 3.63) is 111 Å². The van der Waals surface area contributed by atoms with Gasteiger partial charge in [0, 0.05) is 55.9 Å². The first-order valence-electron chi connectivity index (χ1n) is 18.9. The second kappa shape index (κ2) is 15.6. The lowest BCUT2D eigenvalue weighted by Crippen LogP contribution is -2.45. The van der Waals surface area contributed by atoms with Crippen LogP contribution in [0.2, 0.25) is 0 Å². The average molecular weight is 860 g/mol. The number of hydrogen-bond acceptors (Lipinski definition) is 7. The molecule has 0 N–H and O–H groups in total. The molecule has 4 aliphatic heterocycles. The summed E-state index contributed by atoms with van der Waals surface area (Å²) in [5, 5.41) is 2.68. The van der Waals surface area contributed by atoms with Gasteiger partial charge >= 0.3 is 11.0 Å². The largest absolute Gasteiger partial charge is 0.741 e. The summed E-state index contributed by atoms with van der Waals surface area (Å²) in [7, 11) is -12.2. The topological polar surface area (TPSA) is 125 Å². The zero-order valence-electron chi connectivity index (χ0n) is 32.0. The first kappa shape index (κ1) is 42.3. The molecule has 6 heterocycles. The van der Waals surface area contributed by atoms with Crippen LogP contribution in [0.1, 0.15) is 57.5 Å². The number of benzene rings is 3. The van der Waals surface area contributed by atoms with E-state index < -0.39 is 31.3 Å². The van der Waals surface area contributed by atoms with Crippen molar-refractivity contribution in [2.45, 2.75) is 76.5 Å². The Morgan fingerprint density at radius 1 is 0.695 bits per heavy atom. The Labute approximate surface area is 337 Å². The molecule has 9 nitrogen and oxygen atoms in total. The summed E-state index contributed by atoms with van der Waals surface area (Å²) < 4.78 is 123. The lowest BCUT2D eigenvalue weighted by molar-refractivity contribution is -0.690. The SMILES string of the molecule is Cc1c(C)c2c(c3c1CC[n+]1ccc4ccccc4c1-3)-c1cccc(C=Cc3cc4c5c(c3)CCCN5CCC4)[n+]1CC2.O=S(=O)([O-])C(F)(F)F.O=S(=O)([O-])C(F)(F)F. The molecule has 0 atom stereocenters. The predicted octanol–water partition coefficient (Wildman–Crippen LogP) is 7.45. The molecule has 3 aromatic carbocycles. The van der Waals surface area contributed by atoms with E-state index in [2.05, 4.69) is 107 Å². The summed E-state index contributed by atoms with van der Waals surface area (Å²) in [6.07, 6.45) is 14.2. The number of nitrogens with zero attached hydrogens (tertiary/aromatic N) is 3. The number of halogens is 6. The zero-order valence-corrected chi connectivity index (χ0v) is 33.6. The van der Waals surface area contributed by atoms with Crippen LogP contribution >= 0.6 is 0 Å². The standard InChI is InChI=1S/C40H39N3.2CHF3O3S/c1-26-27(2)34-17-22-42-21-16-29-8-3-4-12-35(29)40(42)38(34)37-33(26)18-23-43-32(11-5-13-36(37)43)15-14-28-24-30-9-6-19-41-20-7-10-31(25-28)39(30)41;2*2-1(3,4)8(5,6)7/h3-5,8,11-16,21,24-25H,6-7,9-10,17-20,22-23H2,1-2H3;2*(H,5,6,7)/q+2;;/p-2. The molecule has 0 amide bonds. The highest BCUT2D eigenvalue weighted by Crippen LogP contribution is 2.45. The summed E-state index contributed by atoms with van der Waals surface area (Å²) in [5.41, 5.74) is 7.77. The Morgan fingerprint density at radius 2 is 1.25 bits per heavy atom. The van der Waals surface area contributed by atoms with Gasteiger partial charge in [-0.3, -0.25) is 0 Å². The molecule has 0 fully saturated rings. The fraction of sp³-hybridized carbons (Fsp3) is 0.333. The number of aromatic nitrogens is 2. The molecule has 5 aromatic rings. The highest BCUT2D eigenvalue weighted by molar-refractivity contribution is 7.86. The van der Waals surface area contributed by atoms with Crippen LogP contribution in [0.25, 0.3) is 45.4 Å². The lowest BCUT2D eigenvalue weighted by atomic mass is 9.79. The third-order valence-electron chi connectivity index (χ3n) is 11.4. The monoisotopic (exact) mass is 859 g/mol. The molecule has 0 aliphatic carbocycles. The van der Waals surface area contributed by atoms with E-state index in [1.807, 2.05) is 0 Å². The van der Waals surface area contributed by atoms with E-state index in [1.165, 1.54) is 100 Å². The van der Waals surface area contributed by atoms with Crippen molar-refractivity contribution in [3.8, 4) is 22.5 Å². The van der Waals surface area contributed by atoms with Gasteiger partial charge in [-0.05, 0) is 114 Å². The first-order valence-corrected chi connectivity index (χ1v) is 21.7. The van der Waals surface area contributed by atoms with Gasteiger partial charge in [-0.15, -0.1) is 0 Å². The molecule has 0 spiro atoms. The molecule has 312 valence electrons. The summed E-state index contributed by atoms with van der Waals surface area (Å²) in [5.74, 6) is 0. The van der Waals surface area contributed by atoms with Crippen LogP contribution in [0.3, 0.4) is 0 Å². The minimum Gasteiger partial charge on any atom is -0.741 e. The van der Waals surface area contributed by atoms with Crippen molar-refractivity contribution >= 4 is 48.8 Å². The van der Waals surface area contributed by atoms with Crippen LogP contribution in [0.15, 0.2) is 66.9 Å². The number of alkyl halides is 6. The number of hydrogen-bond donors (Lipinski definition) is 0. The maximum absolute atomic E-state index is 10.7. The van der Waals surface area contributed by atoms with Crippen LogP contribution in [-0.4, -0.2) is 50.0 Å². The van der Waals surface area contributed by atoms with Gasteiger partial charge in [0.25, 0.3) is 0 Å². The second-order valence-electron chi connectivity index (χ2n) is 14.9. The number of aryl methyl sites for hydroxylation is 3. The van der Waals surface area contributed by atoms with Gasteiger partial charge in [-0.1, -0.05) is 18.2 Å². The Hall–Kier alpha value is -4.84. The molecule has 4 aliphatic rings. The molecule has 17 heteroatoms. The molecule has 2 aromatic heterocycles. The second-order valence-corrected chi connectivity index (χ2v) is 17.6. The third-order valence-corrected chi connectivity index (χ3v) is 12.6. The van der Waals surface area contributed by atoms with E-state index >= 15 is 0 Å². The molecular weight excluding hydrogens is 821 g/mol. The highest BCUT2D eigenvalue weighted by atomic mass is 32.2. The van der Waals surface area contributed by atoms with E-state index in [0.717, 1.165) is 25.9 Å². The molecule has 0 saturated heterocycles. The number of pyridine rings is 2. The Kier molecular flexibility index (Phi) is 11.2. The molecule has 59 heavy (non-hydrogen) atoms. The molecule has 0 radical (unpaired) electrons. The van der Waals surface area contributed by atoms with Crippen LogP contribution in [0, 0.1) is 13.8 Å². The van der Waals surface area contributed by atoms with Gasteiger partial charge in [-0.25, -0.2) is 16.8 Å². The summed E-state index contributed by atoms with van der Waals surface area (Å²) in [6.45, 7) is 9.23. The van der Waals surface area contributed by atoms with Gasteiger partial charge in [0.15, 0.2) is 39.5 Å². The number of anilines is 1. The average Bonchev–Trinajstić information content (AvgIpc) is 3.17. The van der Waals surface area contributed by atoms with Gasteiger partial charge in [-0.2, -0.15) is 35.5 Å². The third kappa shape index (κ3) is 8.21. The maximum Gasteiger partial charge on any atom is 0.485 e. The van der Waals surface area contributed by atoms with Crippen molar-refractivity contribution < 1.29 is 61.4 Å². The minimum atomic E-state index is -6.09. The quantitative estimate of drug-likeness (QED) is 0.0782. The van der Waals surface area contributed by atoms with Crippen molar-refractivity contribution in [1.82, 2.24) is 0 Å². The zero-order chi connectivity index (χ0) is 42.7. The van der Waals surface area contributed by atoms with Crippen molar-refractivity contribution in [2.75, 3.05) is 18.0 Å². The molecule has 0 saturated carbocycles. The van der Waals surface area contributed by atoms with Crippen molar-refractivity contribution in [3.63, 3.8) is 0 Å². The van der Waals surface area contributed by atoms with E-state index in [-0.39, 0.29) is 0 Å². The van der Waals surface area contributed by atoms with E-state index in [4.69, 9.17) is 25.9 Å². The molecule has 0 unspecified atom stereocenters. The summed E-state index contributed by atoms with van der Waals surface area (Å²) in [6, 6.07) is 23.1. The van der Waals surface area contributed by atoms with E-state index in [0.29, 0.717) is 0 Å². The van der Waals surface area contributed by atoms with Gasteiger partial charge in [0.05, 0.1) is 16.5 Å². The summed E-state index contributed by atoms with van der Waals surface area (Å²) in [4.78, 5) is 2.63. The predicted molar refractivity (Wildman–Crippen MR) is 208 cm³/mol. The Balaban J connectivity index is 0.000000281. The van der Waals surface area contributed by atoms with E-state index in [1.54, 1.807) is 22.4 Å².